The van der Waals surface area contributed by atoms with Crippen LogP contribution in [-0.2, 0) is 14.8 Å². The predicted octanol–water partition coefficient (Wildman–Crippen LogP) is 3.50. The molecule has 0 aliphatic heterocycles. The first kappa shape index (κ1) is 22.6. The van der Waals surface area contributed by atoms with Gasteiger partial charge in [0.25, 0.3) is 0 Å². The fraction of sp³-hybridized carbons (Fsp3) is 0.238. The van der Waals surface area contributed by atoms with Gasteiger partial charge in [-0.15, -0.1) is 0 Å². The molecule has 0 unspecified atom stereocenters. The molecule has 0 saturated carbocycles. The van der Waals surface area contributed by atoms with E-state index in [0.29, 0.717) is 17.2 Å². The van der Waals surface area contributed by atoms with Gasteiger partial charge in [-0.1, -0.05) is 0 Å². The van der Waals surface area contributed by atoms with Crippen LogP contribution in [0.15, 0.2) is 59.8 Å². The van der Waals surface area contributed by atoms with E-state index in [4.69, 9.17) is 0 Å². The molecular formula is C21H22F2N4O3S. The van der Waals surface area contributed by atoms with Gasteiger partial charge in [-0.2, -0.15) is 0 Å². The zero-order valence-electron chi connectivity index (χ0n) is 17.0. The number of hydrogen-bond acceptors (Lipinski definition) is 4. The molecule has 1 aromatic heterocycles. The summed E-state index contributed by atoms with van der Waals surface area (Å²) < 4.78 is 55.0. The standard InChI is InChI=1S/C21H22F2N4O3S/c1-15-24-11-13-27(15)20-10-7-17(14-19(20)23)25-21(28)4-3-12-26(2)31(29,30)18-8-5-16(22)6-9-18/h5-11,13-14H,3-4,12H2,1-2H3,(H,25,28). The van der Waals surface area contributed by atoms with Crippen molar-refractivity contribution >= 4 is 21.6 Å². The van der Waals surface area contributed by atoms with Crippen LogP contribution in [-0.4, -0.2) is 41.8 Å². The molecule has 0 fully saturated rings. The van der Waals surface area contributed by atoms with Crippen LogP contribution in [0.3, 0.4) is 0 Å². The minimum absolute atomic E-state index is 0.0236. The van der Waals surface area contributed by atoms with Gasteiger partial charge in [-0.25, -0.2) is 26.5 Å². The summed E-state index contributed by atoms with van der Waals surface area (Å²) in [5.74, 6) is -0.763. The zero-order chi connectivity index (χ0) is 22.6. The Balaban J connectivity index is 1.54. The van der Waals surface area contributed by atoms with E-state index in [2.05, 4.69) is 10.3 Å². The summed E-state index contributed by atoms with van der Waals surface area (Å²) in [6, 6.07) is 8.88. The van der Waals surface area contributed by atoms with Crippen LogP contribution in [0, 0.1) is 18.6 Å². The van der Waals surface area contributed by atoms with E-state index in [1.165, 1.54) is 25.2 Å². The summed E-state index contributed by atoms with van der Waals surface area (Å²) in [5.41, 5.74) is 0.622. The van der Waals surface area contributed by atoms with Crippen LogP contribution in [0.5, 0.6) is 0 Å². The van der Waals surface area contributed by atoms with E-state index in [9.17, 15) is 22.0 Å². The molecule has 0 radical (unpaired) electrons. The van der Waals surface area contributed by atoms with Crippen molar-refractivity contribution in [1.82, 2.24) is 13.9 Å². The van der Waals surface area contributed by atoms with Crippen LogP contribution in [0.2, 0.25) is 0 Å². The summed E-state index contributed by atoms with van der Waals surface area (Å²) in [6.45, 7) is 1.85. The molecule has 0 spiro atoms. The molecule has 0 atom stereocenters. The van der Waals surface area contributed by atoms with Crippen LogP contribution >= 0.6 is 0 Å². The number of carbonyl (C=O) groups excluding carboxylic acids is 1. The van der Waals surface area contributed by atoms with Crippen molar-refractivity contribution in [2.75, 3.05) is 18.9 Å². The number of nitrogens with one attached hydrogen (secondary N) is 1. The number of amides is 1. The maximum atomic E-state index is 14.4. The molecule has 1 N–H and O–H groups in total. The Kier molecular flexibility index (Phi) is 6.81. The van der Waals surface area contributed by atoms with Crippen LogP contribution in [0.1, 0.15) is 18.7 Å². The van der Waals surface area contributed by atoms with E-state index >= 15 is 0 Å². The van der Waals surface area contributed by atoms with Gasteiger partial charge < -0.3 is 9.88 Å². The van der Waals surface area contributed by atoms with Crippen molar-refractivity contribution in [1.29, 1.82) is 0 Å². The Morgan fingerprint density at radius 3 is 2.48 bits per heavy atom. The van der Waals surface area contributed by atoms with Gasteiger partial charge in [0.1, 0.15) is 17.5 Å². The fourth-order valence-electron chi connectivity index (χ4n) is 3.01. The molecule has 1 heterocycles. The number of anilines is 1. The lowest BCUT2D eigenvalue weighted by atomic mass is 10.2. The quantitative estimate of drug-likeness (QED) is 0.572. The number of aromatic nitrogens is 2. The summed E-state index contributed by atoms with van der Waals surface area (Å²) in [6.07, 6.45) is 3.52. The average Bonchev–Trinajstić information content (AvgIpc) is 3.14. The molecule has 0 aliphatic carbocycles. The third-order valence-electron chi connectivity index (χ3n) is 4.72. The smallest absolute Gasteiger partial charge is 0.242 e. The summed E-state index contributed by atoms with van der Waals surface area (Å²) in [4.78, 5) is 16.2. The monoisotopic (exact) mass is 448 g/mol. The average molecular weight is 448 g/mol. The highest BCUT2D eigenvalue weighted by Gasteiger charge is 2.20. The second kappa shape index (κ2) is 9.36. The first-order valence-corrected chi connectivity index (χ1v) is 10.9. The molecule has 10 heteroatoms. The third kappa shape index (κ3) is 5.33. The SMILES string of the molecule is Cc1nccn1-c1ccc(NC(=O)CCCN(C)S(=O)(=O)c2ccc(F)cc2)cc1F. The van der Waals surface area contributed by atoms with Crippen molar-refractivity contribution in [3.8, 4) is 5.69 Å². The number of rotatable bonds is 8. The Hall–Kier alpha value is -3.11. The van der Waals surface area contributed by atoms with Gasteiger partial charge in [-0.05, 0) is 55.8 Å². The molecule has 164 valence electrons. The van der Waals surface area contributed by atoms with E-state index in [0.717, 1.165) is 16.4 Å². The molecule has 3 aromatic rings. The second-order valence-electron chi connectivity index (χ2n) is 6.94. The molecule has 0 saturated heterocycles. The van der Waals surface area contributed by atoms with Crippen molar-refractivity contribution in [3.63, 3.8) is 0 Å². The normalized spacial score (nSPS) is 11.6. The minimum Gasteiger partial charge on any atom is -0.326 e. The summed E-state index contributed by atoms with van der Waals surface area (Å²) in [7, 11) is -2.38. The summed E-state index contributed by atoms with van der Waals surface area (Å²) in [5, 5.41) is 2.61. The molecule has 0 aliphatic rings. The van der Waals surface area contributed by atoms with E-state index in [1.807, 2.05) is 0 Å². The van der Waals surface area contributed by atoms with Crippen LogP contribution in [0.25, 0.3) is 5.69 Å². The lowest BCUT2D eigenvalue weighted by Crippen LogP contribution is -2.28. The number of nitrogens with zero attached hydrogens (tertiary/aromatic N) is 3. The van der Waals surface area contributed by atoms with Gasteiger partial charge in [0.05, 0.1) is 10.6 Å². The van der Waals surface area contributed by atoms with Gasteiger partial charge in [0.2, 0.25) is 15.9 Å². The molecule has 0 bridgehead atoms. The largest absolute Gasteiger partial charge is 0.326 e. The van der Waals surface area contributed by atoms with Crippen LogP contribution < -0.4 is 5.32 Å². The maximum Gasteiger partial charge on any atom is 0.242 e. The molecule has 3 rings (SSSR count). The highest BCUT2D eigenvalue weighted by molar-refractivity contribution is 7.89. The minimum atomic E-state index is -3.77. The second-order valence-corrected chi connectivity index (χ2v) is 8.99. The molecule has 7 nitrogen and oxygen atoms in total. The zero-order valence-corrected chi connectivity index (χ0v) is 17.9. The summed E-state index contributed by atoms with van der Waals surface area (Å²) >= 11 is 0. The molecule has 2 aromatic carbocycles. The van der Waals surface area contributed by atoms with Gasteiger partial charge in [0.15, 0.2) is 0 Å². The molecule has 1 amide bonds. The van der Waals surface area contributed by atoms with Crippen molar-refractivity contribution in [2.24, 2.45) is 0 Å². The number of imidazole rings is 1. The fourth-order valence-corrected chi connectivity index (χ4v) is 4.21. The van der Waals surface area contributed by atoms with Gasteiger partial charge in [-0.3, -0.25) is 4.79 Å². The Labute approximate surface area is 179 Å². The van der Waals surface area contributed by atoms with Crippen molar-refractivity contribution < 1.29 is 22.0 Å². The lowest BCUT2D eigenvalue weighted by Gasteiger charge is -2.17. The lowest BCUT2D eigenvalue weighted by molar-refractivity contribution is -0.116. The van der Waals surface area contributed by atoms with E-state index in [1.54, 1.807) is 36.0 Å². The number of sulfonamides is 1. The van der Waals surface area contributed by atoms with E-state index in [-0.39, 0.29) is 30.2 Å². The van der Waals surface area contributed by atoms with E-state index < -0.39 is 21.7 Å². The Morgan fingerprint density at radius 1 is 1.16 bits per heavy atom. The first-order valence-electron chi connectivity index (χ1n) is 9.50. The topological polar surface area (TPSA) is 84.3 Å². The van der Waals surface area contributed by atoms with Gasteiger partial charge >= 0.3 is 0 Å². The first-order chi connectivity index (χ1) is 14.7. The Bertz CT molecular complexity index is 1180. The number of halogens is 2. The highest BCUT2D eigenvalue weighted by atomic mass is 32.2. The number of aryl methyl sites for hydroxylation is 1. The maximum absolute atomic E-state index is 14.4. The molecule has 31 heavy (non-hydrogen) atoms. The number of benzene rings is 2. The highest BCUT2D eigenvalue weighted by Crippen LogP contribution is 2.20. The van der Waals surface area contributed by atoms with Gasteiger partial charge in [0, 0.05) is 38.1 Å². The number of hydrogen-bond donors (Lipinski definition) is 1. The van der Waals surface area contributed by atoms with Crippen molar-refractivity contribution in [2.45, 2.75) is 24.7 Å². The third-order valence-corrected chi connectivity index (χ3v) is 6.59. The predicted molar refractivity (Wildman–Crippen MR) is 112 cm³/mol. The molecular weight excluding hydrogens is 426 g/mol. The number of carbonyl (C=O) groups is 1. The van der Waals surface area contributed by atoms with Crippen LogP contribution in [0.4, 0.5) is 14.5 Å². The Morgan fingerprint density at radius 2 is 1.87 bits per heavy atom. The van der Waals surface area contributed by atoms with Crippen molar-refractivity contribution in [3.05, 3.63) is 72.3 Å².